The second-order valence-corrected chi connectivity index (χ2v) is 16.0. The van der Waals surface area contributed by atoms with Crippen molar-refractivity contribution in [1.29, 1.82) is 0 Å². The van der Waals surface area contributed by atoms with Gasteiger partial charge in [0.2, 0.25) is 11.4 Å². The molecule has 1 aliphatic heterocycles. The molecule has 2 aromatic carbocycles. The minimum Gasteiger partial charge on any atom is -0.493 e. The van der Waals surface area contributed by atoms with Crippen LogP contribution in [0.4, 0.5) is 0 Å². The molecule has 0 bridgehead atoms. The summed E-state index contributed by atoms with van der Waals surface area (Å²) in [5, 5.41) is 0. The fourth-order valence-corrected chi connectivity index (χ4v) is 7.77. The Labute approximate surface area is 360 Å². The molecule has 0 spiro atoms. The first kappa shape index (κ1) is 54.0. The van der Waals surface area contributed by atoms with Crippen LogP contribution in [0.3, 0.4) is 0 Å². The van der Waals surface area contributed by atoms with E-state index in [-0.39, 0.29) is 16.5 Å². The Balaban J connectivity index is 0.00000201. The van der Waals surface area contributed by atoms with Crippen molar-refractivity contribution in [3.05, 3.63) is 99.8 Å². The van der Waals surface area contributed by atoms with Crippen molar-refractivity contribution in [1.82, 2.24) is 0 Å². The van der Waals surface area contributed by atoms with Gasteiger partial charge in [-0.15, -0.1) is 0 Å². The number of benzene rings is 2. The van der Waals surface area contributed by atoms with E-state index in [1.165, 1.54) is 129 Å². The summed E-state index contributed by atoms with van der Waals surface area (Å²) < 4.78 is 1.57. The molecule has 3 heteroatoms. The average molecular weight is 812 g/mol. The summed E-state index contributed by atoms with van der Waals surface area (Å²) in [7, 11) is 0. The number of hydrogen-bond acceptors (Lipinski definition) is 0. The topological polar surface area (TPSA) is 25.3 Å². The van der Waals surface area contributed by atoms with E-state index in [0.717, 1.165) is 88.4 Å². The summed E-state index contributed by atoms with van der Waals surface area (Å²) >= 11 is 0. The molecule has 0 aliphatic carbocycles. The van der Waals surface area contributed by atoms with E-state index in [4.69, 9.17) is 0 Å². The van der Waals surface area contributed by atoms with Gasteiger partial charge < -0.3 is 19.4 Å². The predicted molar refractivity (Wildman–Crippen MR) is 248 cm³/mol. The van der Waals surface area contributed by atoms with Gasteiger partial charge in [0.15, 0.2) is 0 Å². The molecule has 0 saturated carbocycles. The van der Waals surface area contributed by atoms with Crippen molar-refractivity contribution in [3.8, 4) is 0 Å². The molecule has 0 aromatic heterocycles. The van der Waals surface area contributed by atoms with Gasteiger partial charge in [-0.3, -0.25) is 0 Å². The first-order valence-electron chi connectivity index (χ1n) is 23.6. The van der Waals surface area contributed by atoms with Crippen LogP contribution in [-0.2, 0) is 55.0 Å². The third-order valence-corrected chi connectivity index (χ3v) is 10.9. The molecule has 1 aliphatic rings. The van der Waals surface area contributed by atoms with Gasteiger partial charge in [-0.05, 0) is 128 Å². The number of hydrogen-bond donors (Lipinski definition) is 0. The standard InChI is InChI=1S/C41H62N2.2C6H13.Ni/c1-8-15-22-33-28-37(29-34(23-16-9-2)39(33)25-18-11-4)41-35(24-17-10-3)30-40(43(41)42)36-26-31(19-12-5)38(21-14-7)32(27-36)20-13-6;2*1-3-5-6-4-2;/h26-30H,8-25H2,1-7H3;2*1,3-6H2,2H3;/q;2*-1;+2. The van der Waals surface area contributed by atoms with Gasteiger partial charge in [0.25, 0.3) is 0 Å². The summed E-state index contributed by atoms with van der Waals surface area (Å²) in [5.74, 6) is 0. The Morgan fingerprint density at radius 1 is 0.429 bits per heavy atom. The molecule has 2 nitrogen and oxygen atoms in total. The van der Waals surface area contributed by atoms with Crippen LogP contribution in [0.25, 0.3) is 16.9 Å². The van der Waals surface area contributed by atoms with E-state index in [0.29, 0.717) is 0 Å². The fraction of sp³-hybridized carbons (Fsp3) is 0.660. The van der Waals surface area contributed by atoms with Gasteiger partial charge in [0, 0.05) is 22.8 Å². The van der Waals surface area contributed by atoms with Crippen LogP contribution in [0.2, 0.25) is 0 Å². The summed E-state index contributed by atoms with van der Waals surface area (Å²) in [4.78, 5) is 0. The minimum absolute atomic E-state index is 0. The van der Waals surface area contributed by atoms with E-state index >= 15 is 0 Å². The van der Waals surface area contributed by atoms with E-state index < -0.39 is 0 Å². The third-order valence-electron chi connectivity index (χ3n) is 10.9. The van der Waals surface area contributed by atoms with Crippen molar-refractivity contribution in [3.63, 3.8) is 0 Å². The van der Waals surface area contributed by atoms with Crippen LogP contribution >= 0.6 is 0 Å². The molecule has 56 heavy (non-hydrogen) atoms. The molecular formula is C53H88N2Ni. The SMILES string of the molecule is CCCCC1=C(c2cc(CCCC)c(CCCC)c(CCCC)c2)[N+](=[N-])C(c2cc(CCC)c(CCC)c(CCC)c2)=C1.[CH2-]CCCCC.[CH2-]CCCCC.[Ni+2]. The Hall–Kier alpha value is -1.99. The van der Waals surface area contributed by atoms with Crippen LogP contribution in [0.1, 0.15) is 235 Å². The maximum absolute atomic E-state index is 12.1. The molecule has 0 fully saturated rings. The van der Waals surface area contributed by atoms with Gasteiger partial charge in [-0.25, -0.2) is 4.70 Å². The molecule has 0 atom stereocenters. The number of allylic oxidation sites excluding steroid dienone is 2. The van der Waals surface area contributed by atoms with Crippen molar-refractivity contribution in [2.45, 2.75) is 229 Å². The van der Waals surface area contributed by atoms with Gasteiger partial charge in [-0.1, -0.05) is 146 Å². The van der Waals surface area contributed by atoms with Gasteiger partial charge in [0.05, 0.1) is 0 Å². The summed E-state index contributed by atoms with van der Waals surface area (Å²) in [6.07, 6.45) is 33.3. The monoisotopic (exact) mass is 811 g/mol. The van der Waals surface area contributed by atoms with E-state index in [9.17, 15) is 5.53 Å². The number of aryl methyl sites for hydroxylation is 4. The molecule has 0 saturated heterocycles. The molecule has 3 rings (SSSR count). The van der Waals surface area contributed by atoms with Crippen LogP contribution in [-0.4, -0.2) is 4.70 Å². The van der Waals surface area contributed by atoms with Crippen LogP contribution in [0.15, 0.2) is 35.9 Å². The predicted octanol–water partition coefficient (Wildman–Crippen LogP) is 17.4. The van der Waals surface area contributed by atoms with Crippen molar-refractivity contribution in [2.75, 3.05) is 0 Å². The van der Waals surface area contributed by atoms with Crippen LogP contribution in [0, 0.1) is 13.8 Å². The largest absolute Gasteiger partial charge is 2.00 e. The fourth-order valence-electron chi connectivity index (χ4n) is 7.77. The molecule has 0 N–H and O–H groups in total. The first-order chi connectivity index (χ1) is 26.8. The summed E-state index contributed by atoms with van der Waals surface area (Å²) in [6.45, 7) is 27.9. The summed E-state index contributed by atoms with van der Waals surface area (Å²) in [5.41, 5.74) is 26.9. The molecular weight excluding hydrogens is 723 g/mol. The Bertz CT molecular complexity index is 1320. The van der Waals surface area contributed by atoms with Gasteiger partial charge in [-0.2, -0.15) is 12.8 Å². The summed E-state index contributed by atoms with van der Waals surface area (Å²) in [6, 6.07) is 9.70. The molecule has 0 amide bonds. The Kier molecular flexibility index (Phi) is 32.7. The minimum atomic E-state index is 0. The normalized spacial score (nSPS) is 12.2. The molecule has 0 unspecified atom stereocenters. The molecule has 1 heterocycles. The second-order valence-electron chi connectivity index (χ2n) is 16.0. The number of rotatable bonds is 26. The van der Waals surface area contributed by atoms with E-state index in [2.05, 4.69) is 107 Å². The number of nitrogens with zero attached hydrogens (tertiary/aromatic N) is 2. The van der Waals surface area contributed by atoms with Crippen molar-refractivity contribution in [2.24, 2.45) is 0 Å². The third kappa shape index (κ3) is 18.7. The van der Waals surface area contributed by atoms with Crippen molar-refractivity contribution < 1.29 is 21.2 Å². The van der Waals surface area contributed by atoms with Gasteiger partial charge in [0.1, 0.15) is 0 Å². The smallest absolute Gasteiger partial charge is 0.493 e. The zero-order valence-corrected chi connectivity index (χ0v) is 39.4. The maximum Gasteiger partial charge on any atom is 2.00 e. The molecule has 2 aromatic rings. The maximum atomic E-state index is 12.1. The molecule has 320 valence electrons. The quantitative estimate of drug-likeness (QED) is 0.0391. The Morgan fingerprint density at radius 2 is 0.804 bits per heavy atom. The average Bonchev–Trinajstić information content (AvgIpc) is 3.53. The number of unbranched alkanes of at least 4 members (excludes halogenated alkanes) is 10. The van der Waals surface area contributed by atoms with Crippen molar-refractivity contribution >= 4 is 11.4 Å². The van der Waals surface area contributed by atoms with Crippen LogP contribution < -0.4 is 0 Å². The van der Waals surface area contributed by atoms with Gasteiger partial charge >= 0.3 is 16.5 Å². The zero-order chi connectivity index (χ0) is 40.8. The van der Waals surface area contributed by atoms with E-state index in [1.54, 1.807) is 15.8 Å². The zero-order valence-electron chi connectivity index (χ0n) is 38.4. The molecule has 0 radical (unpaired) electrons. The van der Waals surface area contributed by atoms with E-state index in [1.807, 2.05) is 0 Å². The Morgan fingerprint density at radius 3 is 1.20 bits per heavy atom. The second kappa shape index (κ2) is 33.9. The van der Waals surface area contributed by atoms with Crippen LogP contribution in [0.5, 0.6) is 0 Å². The first-order valence-corrected chi connectivity index (χ1v) is 23.6.